The molecule has 0 spiro atoms. The third-order valence-electron chi connectivity index (χ3n) is 0.872. The lowest BCUT2D eigenvalue weighted by atomic mass is 10.6. The fourth-order valence-corrected chi connectivity index (χ4v) is 0.924. The minimum atomic E-state index is 0.598. The third kappa shape index (κ3) is 2.27. The van der Waals surface area contributed by atoms with Crippen molar-refractivity contribution in [3.8, 4) is 0 Å². The van der Waals surface area contributed by atoms with E-state index in [-0.39, 0.29) is 0 Å². The van der Waals surface area contributed by atoms with E-state index in [1.54, 1.807) is 12.3 Å². The zero-order chi connectivity index (χ0) is 7.56. The highest BCUT2D eigenvalue weighted by Crippen LogP contribution is 2.17. The standard InChI is InChI=1S/C6H5Br2NO/c1-4-3-9-6(10-4)2-5(7)8/h2-3H,1H3. The van der Waals surface area contributed by atoms with Crippen LogP contribution in [-0.2, 0) is 0 Å². The predicted molar refractivity (Wildman–Crippen MR) is 47.1 cm³/mol. The molecule has 0 unspecified atom stereocenters. The van der Waals surface area contributed by atoms with Crippen LogP contribution in [0.1, 0.15) is 11.7 Å². The van der Waals surface area contributed by atoms with Gasteiger partial charge in [0.1, 0.15) is 5.76 Å². The maximum Gasteiger partial charge on any atom is 0.220 e. The molecule has 1 aromatic rings. The highest BCUT2D eigenvalue weighted by Gasteiger charge is 1.95. The van der Waals surface area contributed by atoms with E-state index in [1.165, 1.54) is 0 Å². The Morgan fingerprint density at radius 2 is 2.40 bits per heavy atom. The van der Waals surface area contributed by atoms with Crippen LogP contribution in [0.4, 0.5) is 0 Å². The van der Waals surface area contributed by atoms with E-state index >= 15 is 0 Å². The van der Waals surface area contributed by atoms with Gasteiger partial charge in [0.25, 0.3) is 0 Å². The molecule has 0 radical (unpaired) electrons. The summed E-state index contributed by atoms with van der Waals surface area (Å²) in [6.07, 6.45) is 3.42. The number of oxazole rings is 1. The Labute approximate surface area is 75.6 Å². The van der Waals surface area contributed by atoms with E-state index in [0.29, 0.717) is 5.89 Å². The van der Waals surface area contributed by atoms with E-state index in [1.807, 2.05) is 6.92 Å². The number of hydrogen-bond acceptors (Lipinski definition) is 2. The van der Waals surface area contributed by atoms with Gasteiger partial charge >= 0.3 is 0 Å². The molecule has 0 bridgehead atoms. The molecular formula is C6H5Br2NO. The molecule has 0 saturated carbocycles. The van der Waals surface area contributed by atoms with Crippen molar-refractivity contribution in [2.75, 3.05) is 0 Å². The van der Waals surface area contributed by atoms with Crippen molar-refractivity contribution in [2.45, 2.75) is 6.92 Å². The highest BCUT2D eigenvalue weighted by molar-refractivity contribution is 9.28. The van der Waals surface area contributed by atoms with Gasteiger partial charge in [-0.2, -0.15) is 0 Å². The first kappa shape index (κ1) is 8.01. The number of nitrogens with zero attached hydrogens (tertiary/aromatic N) is 1. The van der Waals surface area contributed by atoms with E-state index < -0.39 is 0 Å². The summed E-state index contributed by atoms with van der Waals surface area (Å²) < 4.78 is 5.97. The first-order chi connectivity index (χ1) is 4.68. The number of aryl methyl sites for hydroxylation is 1. The monoisotopic (exact) mass is 265 g/mol. The lowest BCUT2D eigenvalue weighted by Gasteiger charge is -1.81. The first-order valence-corrected chi connectivity index (χ1v) is 4.22. The smallest absolute Gasteiger partial charge is 0.220 e. The summed E-state index contributed by atoms with van der Waals surface area (Å²) in [5.74, 6) is 1.41. The summed E-state index contributed by atoms with van der Waals surface area (Å²) in [4.78, 5) is 3.95. The number of hydrogen-bond donors (Lipinski definition) is 0. The summed E-state index contributed by atoms with van der Waals surface area (Å²) >= 11 is 6.40. The normalized spacial score (nSPS) is 9.50. The second kappa shape index (κ2) is 3.34. The molecule has 0 N–H and O–H groups in total. The molecule has 54 valence electrons. The molecular weight excluding hydrogens is 262 g/mol. The van der Waals surface area contributed by atoms with E-state index in [4.69, 9.17) is 4.42 Å². The van der Waals surface area contributed by atoms with Crippen molar-refractivity contribution < 1.29 is 4.42 Å². The molecule has 1 heterocycles. The van der Waals surface area contributed by atoms with Gasteiger partial charge in [0.2, 0.25) is 5.89 Å². The lowest BCUT2D eigenvalue weighted by molar-refractivity contribution is 0.517. The maximum absolute atomic E-state index is 5.15. The number of halogens is 2. The lowest BCUT2D eigenvalue weighted by Crippen LogP contribution is -1.65. The quantitative estimate of drug-likeness (QED) is 0.781. The molecule has 0 aliphatic heterocycles. The zero-order valence-electron chi connectivity index (χ0n) is 5.27. The summed E-state index contributed by atoms with van der Waals surface area (Å²) in [5, 5.41) is 0. The molecule has 0 fully saturated rings. The van der Waals surface area contributed by atoms with Crippen molar-refractivity contribution in [1.82, 2.24) is 4.98 Å². The Morgan fingerprint density at radius 3 is 2.80 bits per heavy atom. The Morgan fingerprint density at radius 1 is 1.70 bits per heavy atom. The second-order valence-electron chi connectivity index (χ2n) is 1.74. The molecule has 0 saturated heterocycles. The van der Waals surface area contributed by atoms with E-state index in [2.05, 4.69) is 36.8 Å². The minimum Gasteiger partial charge on any atom is -0.442 e. The fraction of sp³-hybridized carbons (Fsp3) is 0.167. The average molecular weight is 267 g/mol. The van der Waals surface area contributed by atoms with Crippen molar-refractivity contribution in [3.05, 3.63) is 21.2 Å². The Bertz CT molecular complexity index is 250. The molecule has 0 atom stereocenters. The molecule has 0 aliphatic rings. The van der Waals surface area contributed by atoms with Crippen LogP contribution in [0.3, 0.4) is 0 Å². The molecule has 10 heavy (non-hydrogen) atoms. The van der Waals surface area contributed by atoms with E-state index in [9.17, 15) is 0 Å². The van der Waals surface area contributed by atoms with Gasteiger partial charge in [0.05, 0.1) is 9.59 Å². The van der Waals surface area contributed by atoms with Crippen LogP contribution in [0.5, 0.6) is 0 Å². The Hall–Kier alpha value is -0.0900. The van der Waals surface area contributed by atoms with E-state index in [0.717, 1.165) is 9.15 Å². The van der Waals surface area contributed by atoms with Gasteiger partial charge < -0.3 is 4.42 Å². The summed E-state index contributed by atoms with van der Waals surface area (Å²) in [7, 11) is 0. The minimum absolute atomic E-state index is 0.598. The average Bonchev–Trinajstić information content (AvgIpc) is 2.13. The van der Waals surface area contributed by atoms with Crippen LogP contribution < -0.4 is 0 Å². The Balaban J connectivity index is 2.86. The fourth-order valence-electron chi connectivity index (χ4n) is 0.532. The molecule has 0 aromatic carbocycles. The van der Waals surface area contributed by atoms with Gasteiger partial charge in [-0.05, 0) is 38.8 Å². The maximum atomic E-state index is 5.15. The van der Waals surface area contributed by atoms with Crippen LogP contribution in [0.25, 0.3) is 6.08 Å². The van der Waals surface area contributed by atoms with Crippen LogP contribution in [0, 0.1) is 6.92 Å². The van der Waals surface area contributed by atoms with Gasteiger partial charge in [0.15, 0.2) is 0 Å². The van der Waals surface area contributed by atoms with Gasteiger partial charge in [-0.15, -0.1) is 0 Å². The topological polar surface area (TPSA) is 26.0 Å². The molecule has 0 aliphatic carbocycles. The predicted octanol–water partition coefficient (Wildman–Crippen LogP) is 3.07. The van der Waals surface area contributed by atoms with Gasteiger partial charge in [-0.3, -0.25) is 0 Å². The molecule has 1 aromatic heterocycles. The SMILES string of the molecule is Cc1cnc(C=C(Br)Br)o1. The van der Waals surface area contributed by atoms with Crippen LogP contribution in [0.15, 0.2) is 14.0 Å². The van der Waals surface area contributed by atoms with Crippen molar-refractivity contribution in [2.24, 2.45) is 0 Å². The molecule has 2 nitrogen and oxygen atoms in total. The first-order valence-electron chi connectivity index (χ1n) is 2.63. The molecule has 1 rings (SSSR count). The van der Waals surface area contributed by atoms with Crippen molar-refractivity contribution in [3.63, 3.8) is 0 Å². The number of rotatable bonds is 1. The Kier molecular flexibility index (Phi) is 2.68. The van der Waals surface area contributed by atoms with Crippen LogP contribution >= 0.6 is 31.9 Å². The largest absolute Gasteiger partial charge is 0.442 e. The van der Waals surface area contributed by atoms with Gasteiger partial charge in [-0.25, -0.2) is 4.98 Å². The summed E-state index contributed by atoms with van der Waals surface area (Å²) in [5.41, 5.74) is 0. The van der Waals surface area contributed by atoms with Crippen LogP contribution in [0.2, 0.25) is 0 Å². The third-order valence-corrected chi connectivity index (χ3v) is 1.33. The van der Waals surface area contributed by atoms with Gasteiger partial charge in [0, 0.05) is 6.08 Å². The summed E-state index contributed by atoms with van der Waals surface area (Å²) in [6.45, 7) is 1.85. The molecule has 4 heteroatoms. The number of aromatic nitrogens is 1. The molecule has 0 amide bonds. The van der Waals surface area contributed by atoms with Crippen molar-refractivity contribution >= 4 is 37.9 Å². The summed E-state index contributed by atoms with van der Waals surface area (Å²) in [6, 6.07) is 0. The zero-order valence-corrected chi connectivity index (χ0v) is 8.44. The second-order valence-corrected chi connectivity index (χ2v) is 4.52. The highest BCUT2D eigenvalue weighted by atomic mass is 79.9. The van der Waals surface area contributed by atoms with Crippen LogP contribution in [-0.4, -0.2) is 4.98 Å². The van der Waals surface area contributed by atoms with Crippen molar-refractivity contribution in [1.29, 1.82) is 0 Å². The van der Waals surface area contributed by atoms with Gasteiger partial charge in [-0.1, -0.05) is 0 Å².